The molecule has 0 heterocycles. The third-order valence-corrected chi connectivity index (χ3v) is 1.97. The van der Waals surface area contributed by atoms with E-state index < -0.39 is 11.9 Å². The van der Waals surface area contributed by atoms with Crippen molar-refractivity contribution in [3.8, 4) is 0 Å². The zero-order valence-corrected chi connectivity index (χ0v) is 12.8. The molecule has 7 heteroatoms. The predicted molar refractivity (Wildman–Crippen MR) is 74.3 cm³/mol. The third kappa shape index (κ3) is 17.8. The van der Waals surface area contributed by atoms with Crippen LogP contribution in [0.3, 0.4) is 0 Å². The quantitative estimate of drug-likeness (QED) is 0.396. The largest absolute Gasteiger partial charge is 0.466 e. The van der Waals surface area contributed by atoms with Gasteiger partial charge in [0.1, 0.15) is 5.78 Å². The fourth-order valence-electron chi connectivity index (χ4n) is 0.987. The Bertz CT molecular complexity index is 354. The number of ketones is 1. The van der Waals surface area contributed by atoms with E-state index in [2.05, 4.69) is 14.2 Å². The Balaban J connectivity index is 0. The summed E-state index contributed by atoms with van der Waals surface area (Å²) in [6, 6.07) is 0. The Kier molecular flexibility index (Phi) is 14.3. The van der Waals surface area contributed by atoms with Gasteiger partial charge in [-0.2, -0.15) is 0 Å². The van der Waals surface area contributed by atoms with Crippen molar-refractivity contribution in [2.24, 2.45) is 0 Å². The first-order valence-electron chi connectivity index (χ1n) is 6.36. The molecule has 0 atom stereocenters. The van der Waals surface area contributed by atoms with Crippen LogP contribution in [0.2, 0.25) is 0 Å². The van der Waals surface area contributed by atoms with Crippen LogP contribution in [0.5, 0.6) is 0 Å². The molecule has 0 aromatic heterocycles. The zero-order chi connectivity index (χ0) is 16.7. The molecule has 0 aromatic carbocycles. The summed E-state index contributed by atoms with van der Waals surface area (Å²) in [5.74, 6) is -1.25. The molecule has 0 aromatic rings. The van der Waals surface area contributed by atoms with E-state index in [1.807, 2.05) is 0 Å². The number of rotatable bonds is 7. The van der Waals surface area contributed by atoms with E-state index in [1.165, 1.54) is 21.1 Å². The zero-order valence-electron chi connectivity index (χ0n) is 12.8. The summed E-state index contributed by atoms with van der Waals surface area (Å²) >= 11 is 0. The Morgan fingerprint density at radius 2 is 1.38 bits per heavy atom. The van der Waals surface area contributed by atoms with Crippen molar-refractivity contribution in [1.29, 1.82) is 0 Å². The summed E-state index contributed by atoms with van der Waals surface area (Å²) in [6.07, 6.45) is 3.41. The van der Waals surface area contributed by atoms with Gasteiger partial charge in [-0.1, -0.05) is 0 Å². The second-order valence-electron chi connectivity index (χ2n) is 3.74. The van der Waals surface area contributed by atoms with Gasteiger partial charge in [-0.25, -0.2) is 9.59 Å². The highest BCUT2D eigenvalue weighted by molar-refractivity contribution is 5.91. The first-order valence-corrected chi connectivity index (χ1v) is 6.36. The fraction of sp³-hybridized carbons (Fsp3) is 0.571. The van der Waals surface area contributed by atoms with Crippen LogP contribution in [0.15, 0.2) is 12.2 Å². The van der Waals surface area contributed by atoms with Gasteiger partial charge >= 0.3 is 17.9 Å². The highest BCUT2D eigenvalue weighted by Crippen LogP contribution is 1.97. The molecular formula is C14H22O7. The maximum Gasteiger partial charge on any atom is 0.330 e. The van der Waals surface area contributed by atoms with Gasteiger partial charge < -0.3 is 19.0 Å². The lowest BCUT2D eigenvalue weighted by atomic mass is 10.2. The van der Waals surface area contributed by atoms with Gasteiger partial charge in [0.2, 0.25) is 0 Å². The van der Waals surface area contributed by atoms with Crippen molar-refractivity contribution in [3.05, 3.63) is 12.2 Å². The molecule has 0 radical (unpaired) electrons. The van der Waals surface area contributed by atoms with Crippen molar-refractivity contribution in [1.82, 2.24) is 0 Å². The lowest BCUT2D eigenvalue weighted by molar-refractivity contribution is -0.143. The molecular weight excluding hydrogens is 280 g/mol. The summed E-state index contributed by atoms with van der Waals surface area (Å²) in [4.78, 5) is 41.8. The molecule has 0 rings (SSSR count). The van der Waals surface area contributed by atoms with Gasteiger partial charge in [-0.15, -0.1) is 0 Å². The monoisotopic (exact) mass is 302 g/mol. The average Bonchev–Trinajstić information content (AvgIpc) is 2.44. The van der Waals surface area contributed by atoms with Gasteiger partial charge in [-0.05, 0) is 20.3 Å². The number of carbonyl (C=O) groups excluding carboxylic acids is 4. The molecule has 21 heavy (non-hydrogen) atoms. The van der Waals surface area contributed by atoms with Gasteiger partial charge in [0.15, 0.2) is 0 Å². The molecule has 0 unspecified atom stereocenters. The van der Waals surface area contributed by atoms with Gasteiger partial charge in [0, 0.05) is 25.0 Å². The summed E-state index contributed by atoms with van der Waals surface area (Å²) in [6.45, 7) is 3.70. The minimum absolute atomic E-state index is 0.120. The van der Waals surface area contributed by atoms with Gasteiger partial charge in [0.25, 0.3) is 0 Å². The number of ether oxygens (including phenoxy) is 3. The first kappa shape index (κ1) is 21.1. The molecule has 0 saturated carbocycles. The minimum Gasteiger partial charge on any atom is -0.466 e. The standard InChI is InChI=1S/C8H14O3.C6H8O4/c1-3-11-8(10)6-4-5-7(2)9;1-9-5(7)3-4-6(8)10-2/h3-6H2,1-2H3;3-4H,1-2H3/b;4-3+. The van der Waals surface area contributed by atoms with Gasteiger partial charge in [0.05, 0.1) is 20.8 Å². The number of carbonyl (C=O) groups is 4. The van der Waals surface area contributed by atoms with E-state index in [-0.39, 0.29) is 11.8 Å². The highest BCUT2D eigenvalue weighted by atomic mass is 16.5. The van der Waals surface area contributed by atoms with E-state index in [9.17, 15) is 19.2 Å². The van der Waals surface area contributed by atoms with E-state index in [1.54, 1.807) is 6.92 Å². The molecule has 120 valence electrons. The predicted octanol–water partition coefficient (Wildman–Crippen LogP) is 1.20. The summed E-state index contributed by atoms with van der Waals surface area (Å²) < 4.78 is 13.1. The Hall–Kier alpha value is -2.18. The SMILES string of the molecule is CCOC(=O)CCCC(C)=O.COC(=O)/C=C/C(=O)OC. The molecule has 0 N–H and O–H groups in total. The Morgan fingerprint density at radius 3 is 1.71 bits per heavy atom. The first-order chi connectivity index (χ1) is 9.87. The van der Waals surface area contributed by atoms with Crippen LogP contribution < -0.4 is 0 Å². The molecule has 0 aliphatic rings. The average molecular weight is 302 g/mol. The highest BCUT2D eigenvalue weighted by Gasteiger charge is 2.01. The van der Waals surface area contributed by atoms with E-state index in [0.29, 0.717) is 25.9 Å². The number of hydrogen-bond donors (Lipinski definition) is 0. The molecule has 0 fully saturated rings. The Morgan fingerprint density at radius 1 is 0.905 bits per heavy atom. The maximum absolute atomic E-state index is 10.7. The fourth-order valence-corrected chi connectivity index (χ4v) is 0.987. The second-order valence-corrected chi connectivity index (χ2v) is 3.74. The van der Waals surface area contributed by atoms with Crippen LogP contribution in [-0.4, -0.2) is 44.5 Å². The summed E-state index contributed by atoms with van der Waals surface area (Å²) in [5, 5.41) is 0. The molecule has 0 aliphatic carbocycles. The lowest BCUT2D eigenvalue weighted by Crippen LogP contribution is -2.04. The molecule has 0 bridgehead atoms. The van der Waals surface area contributed by atoms with Crippen molar-refractivity contribution in [2.45, 2.75) is 33.1 Å². The normalized spacial score (nSPS) is 9.33. The maximum atomic E-state index is 10.7. The smallest absolute Gasteiger partial charge is 0.330 e. The lowest BCUT2D eigenvalue weighted by Gasteiger charge is -1.98. The van der Waals surface area contributed by atoms with Crippen LogP contribution in [0, 0.1) is 0 Å². The molecule has 0 amide bonds. The van der Waals surface area contributed by atoms with E-state index >= 15 is 0 Å². The number of hydrogen-bond acceptors (Lipinski definition) is 7. The van der Waals surface area contributed by atoms with Crippen molar-refractivity contribution >= 4 is 23.7 Å². The van der Waals surface area contributed by atoms with Crippen molar-refractivity contribution in [3.63, 3.8) is 0 Å². The topological polar surface area (TPSA) is 96.0 Å². The van der Waals surface area contributed by atoms with Gasteiger partial charge in [-0.3, -0.25) is 4.79 Å². The van der Waals surface area contributed by atoms with Crippen LogP contribution >= 0.6 is 0 Å². The molecule has 0 saturated heterocycles. The van der Waals surface area contributed by atoms with Crippen molar-refractivity contribution < 1.29 is 33.4 Å². The van der Waals surface area contributed by atoms with E-state index in [4.69, 9.17) is 0 Å². The Labute approximate surface area is 124 Å². The number of methoxy groups -OCH3 is 2. The molecule has 0 spiro atoms. The summed E-state index contributed by atoms with van der Waals surface area (Å²) in [5.41, 5.74) is 0. The van der Waals surface area contributed by atoms with Crippen molar-refractivity contribution in [2.75, 3.05) is 20.8 Å². The summed E-state index contributed by atoms with van der Waals surface area (Å²) in [7, 11) is 2.45. The van der Waals surface area contributed by atoms with E-state index in [0.717, 1.165) is 12.2 Å². The number of Topliss-reactive ketones (excluding diaryl/α,β-unsaturated/α-hetero) is 1. The minimum atomic E-state index is -0.578. The van der Waals surface area contributed by atoms with Crippen LogP contribution in [0.4, 0.5) is 0 Å². The van der Waals surface area contributed by atoms with Crippen LogP contribution in [0.25, 0.3) is 0 Å². The van der Waals surface area contributed by atoms with Crippen LogP contribution in [0.1, 0.15) is 33.1 Å². The number of esters is 3. The second kappa shape index (κ2) is 14.2. The molecule has 0 aliphatic heterocycles. The molecule has 7 nitrogen and oxygen atoms in total. The van der Waals surface area contributed by atoms with Crippen LogP contribution in [-0.2, 0) is 33.4 Å². The third-order valence-electron chi connectivity index (χ3n) is 1.97.